The van der Waals surface area contributed by atoms with Crippen LogP contribution in [-0.2, 0) is 4.74 Å². The summed E-state index contributed by atoms with van der Waals surface area (Å²) in [5, 5.41) is 0. The van der Waals surface area contributed by atoms with Crippen LogP contribution in [-0.4, -0.2) is 12.2 Å². The van der Waals surface area contributed by atoms with Gasteiger partial charge in [0, 0.05) is 0 Å². The van der Waals surface area contributed by atoms with Crippen LogP contribution in [0.1, 0.15) is 48.5 Å². The Balaban J connectivity index is 0.00000169. The van der Waals surface area contributed by atoms with Crippen LogP contribution in [0.25, 0.3) is 0 Å². The van der Waals surface area contributed by atoms with Crippen molar-refractivity contribution in [2.75, 3.05) is 0 Å². The molecule has 0 fully saturated rings. The third kappa shape index (κ3) is 3.45. The first kappa shape index (κ1) is 13.7. The van der Waals surface area contributed by atoms with Gasteiger partial charge in [-0.3, -0.25) is 0 Å². The topological polar surface area (TPSA) is 9.23 Å². The molecule has 0 saturated heterocycles. The van der Waals surface area contributed by atoms with E-state index in [1.807, 2.05) is 0 Å². The second-order valence-electron chi connectivity index (χ2n) is 5.36. The highest BCUT2D eigenvalue weighted by molar-refractivity contribution is 4.99. The summed E-state index contributed by atoms with van der Waals surface area (Å²) in [7, 11) is 0. The Kier molecular flexibility index (Phi) is 4.87. The maximum absolute atomic E-state index is 6.03. The van der Waals surface area contributed by atoms with Crippen LogP contribution in [0.15, 0.2) is 12.2 Å². The molecule has 14 heavy (non-hydrogen) atoms. The minimum Gasteiger partial charge on any atom is -0.370 e. The van der Waals surface area contributed by atoms with E-state index < -0.39 is 0 Å². The number of hydrogen-bond acceptors (Lipinski definition) is 1. The normalized spacial score (nSPS) is 27.6. The summed E-state index contributed by atoms with van der Waals surface area (Å²) in [6, 6.07) is 0. The van der Waals surface area contributed by atoms with Crippen LogP contribution < -0.4 is 0 Å². The average molecular weight is 198 g/mol. The molecule has 0 aromatic carbocycles. The summed E-state index contributed by atoms with van der Waals surface area (Å²) >= 11 is 0. The molecular formula is C13H26O. The van der Waals surface area contributed by atoms with Gasteiger partial charge < -0.3 is 4.74 Å². The molecule has 0 aromatic rings. The fourth-order valence-corrected chi connectivity index (χ4v) is 1.56. The van der Waals surface area contributed by atoms with E-state index in [2.05, 4.69) is 46.8 Å². The van der Waals surface area contributed by atoms with E-state index in [-0.39, 0.29) is 12.8 Å². The van der Waals surface area contributed by atoms with E-state index in [1.165, 1.54) is 0 Å². The van der Waals surface area contributed by atoms with E-state index in [4.69, 9.17) is 4.74 Å². The van der Waals surface area contributed by atoms with Gasteiger partial charge in [0.25, 0.3) is 0 Å². The lowest BCUT2D eigenvalue weighted by atomic mass is 9.85. The molecular weight excluding hydrogens is 172 g/mol. The van der Waals surface area contributed by atoms with Gasteiger partial charge in [-0.05, 0) is 17.8 Å². The maximum atomic E-state index is 6.03. The summed E-state index contributed by atoms with van der Waals surface area (Å²) in [6.07, 6.45) is 6.23. The third-order valence-electron chi connectivity index (χ3n) is 2.62. The standard InChI is InChI=1S/C12H22O.CH4/c1-9(2)10-7-6-8-11(13-10)12(3,4)5;/h6-7,9-11H,8H2,1-5H3;1H4. The van der Waals surface area contributed by atoms with Crippen molar-refractivity contribution in [3.63, 3.8) is 0 Å². The molecule has 84 valence electrons. The van der Waals surface area contributed by atoms with Crippen LogP contribution in [0.3, 0.4) is 0 Å². The van der Waals surface area contributed by atoms with Gasteiger partial charge in [0.2, 0.25) is 0 Å². The highest BCUT2D eigenvalue weighted by atomic mass is 16.5. The van der Waals surface area contributed by atoms with Crippen molar-refractivity contribution >= 4 is 0 Å². The minimum absolute atomic E-state index is 0. The van der Waals surface area contributed by atoms with Crippen molar-refractivity contribution in [3.05, 3.63) is 12.2 Å². The summed E-state index contributed by atoms with van der Waals surface area (Å²) in [4.78, 5) is 0. The summed E-state index contributed by atoms with van der Waals surface area (Å²) in [5.74, 6) is 0.585. The van der Waals surface area contributed by atoms with E-state index in [0.29, 0.717) is 18.1 Å². The molecule has 1 aliphatic heterocycles. The van der Waals surface area contributed by atoms with Gasteiger partial charge in [-0.2, -0.15) is 0 Å². The largest absolute Gasteiger partial charge is 0.370 e. The zero-order valence-electron chi connectivity index (χ0n) is 9.50. The predicted molar refractivity (Wildman–Crippen MR) is 63.4 cm³/mol. The average Bonchev–Trinajstić information content (AvgIpc) is 2.03. The van der Waals surface area contributed by atoms with Gasteiger partial charge >= 0.3 is 0 Å². The molecule has 2 unspecified atom stereocenters. The molecule has 0 N–H and O–H groups in total. The quantitative estimate of drug-likeness (QED) is 0.578. The molecule has 0 spiro atoms. The summed E-state index contributed by atoms with van der Waals surface area (Å²) in [6.45, 7) is 11.1. The van der Waals surface area contributed by atoms with Crippen molar-refractivity contribution in [1.82, 2.24) is 0 Å². The first-order valence-electron chi connectivity index (χ1n) is 5.23. The Morgan fingerprint density at radius 3 is 2.29 bits per heavy atom. The zero-order valence-corrected chi connectivity index (χ0v) is 9.50. The Morgan fingerprint density at radius 2 is 1.86 bits per heavy atom. The van der Waals surface area contributed by atoms with Crippen molar-refractivity contribution < 1.29 is 4.74 Å². The lowest BCUT2D eigenvalue weighted by Gasteiger charge is -2.36. The smallest absolute Gasteiger partial charge is 0.0782 e. The lowest BCUT2D eigenvalue weighted by Crippen LogP contribution is -2.36. The van der Waals surface area contributed by atoms with Gasteiger partial charge in [-0.25, -0.2) is 0 Å². The second kappa shape index (κ2) is 4.97. The molecule has 0 bridgehead atoms. The Labute approximate surface area is 89.5 Å². The van der Waals surface area contributed by atoms with E-state index in [1.54, 1.807) is 0 Å². The van der Waals surface area contributed by atoms with E-state index in [0.717, 1.165) is 6.42 Å². The fraction of sp³-hybridized carbons (Fsp3) is 0.846. The van der Waals surface area contributed by atoms with Gasteiger partial charge in [-0.15, -0.1) is 0 Å². The maximum Gasteiger partial charge on any atom is 0.0782 e. The van der Waals surface area contributed by atoms with Crippen molar-refractivity contribution in [3.8, 4) is 0 Å². The lowest BCUT2D eigenvalue weighted by molar-refractivity contribution is -0.0684. The monoisotopic (exact) mass is 198 g/mol. The van der Waals surface area contributed by atoms with Crippen LogP contribution in [0.5, 0.6) is 0 Å². The molecule has 1 rings (SSSR count). The minimum atomic E-state index is 0. The predicted octanol–water partition coefficient (Wildman–Crippen LogP) is 4.04. The molecule has 1 nitrogen and oxygen atoms in total. The van der Waals surface area contributed by atoms with Crippen molar-refractivity contribution in [2.45, 2.75) is 60.7 Å². The van der Waals surface area contributed by atoms with Crippen molar-refractivity contribution in [1.29, 1.82) is 0 Å². The molecule has 1 heteroatoms. The van der Waals surface area contributed by atoms with Crippen LogP contribution in [0.4, 0.5) is 0 Å². The van der Waals surface area contributed by atoms with Crippen LogP contribution in [0, 0.1) is 11.3 Å². The second-order valence-corrected chi connectivity index (χ2v) is 5.36. The third-order valence-corrected chi connectivity index (χ3v) is 2.62. The molecule has 0 aliphatic carbocycles. The Morgan fingerprint density at radius 1 is 1.29 bits per heavy atom. The van der Waals surface area contributed by atoms with Crippen LogP contribution in [0.2, 0.25) is 0 Å². The van der Waals surface area contributed by atoms with E-state index >= 15 is 0 Å². The fourth-order valence-electron chi connectivity index (χ4n) is 1.56. The molecule has 1 heterocycles. The SMILES string of the molecule is C.CC(C)C1C=CCC(C(C)(C)C)O1. The first-order valence-corrected chi connectivity index (χ1v) is 5.23. The van der Waals surface area contributed by atoms with Crippen molar-refractivity contribution in [2.24, 2.45) is 11.3 Å². The highest BCUT2D eigenvalue weighted by Crippen LogP contribution is 2.30. The highest BCUT2D eigenvalue weighted by Gasteiger charge is 2.29. The van der Waals surface area contributed by atoms with Crippen LogP contribution >= 0.6 is 0 Å². The Bertz CT molecular complexity index is 186. The first-order chi connectivity index (χ1) is 5.91. The van der Waals surface area contributed by atoms with Gasteiger partial charge in [0.1, 0.15) is 0 Å². The van der Waals surface area contributed by atoms with Gasteiger partial charge in [0.05, 0.1) is 12.2 Å². The molecule has 0 radical (unpaired) electrons. The number of ether oxygens (including phenoxy) is 1. The molecule has 1 aliphatic rings. The van der Waals surface area contributed by atoms with Gasteiger partial charge in [0.15, 0.2) is 0 Å². The number of rotatable bonds is 1. The van der Waals surface area contributed by atoms with Gasteiger partial charge in [-0.1, -0.05) is 54.2 Å². The molecule has 0 aromatic heterocycles. The molecule has 0 amide bonds. The Hall–Kier alpha value is -0.300. The number of hydrogen-bond donors (Lipinski definition) is 0. The summed E-state index contributed by atoms with van der Waals surface area (Å²) in [5.41, 5.74) is 0.262. The molecule has 0 saturated carbocycles. The van der Waals surface area contributed by atoms with E-state index in [9.17, 15) is 0 Å². The molecule has 2 atom stereocenters. The summed E-state index contributed by atoms with van der Waals surface area (Å²) < 4.78 is 6.03. The zero-order chi connectivity index (χ0) is 10.1.